The molecule has 0 amide bonds. The molecule has 0 bridgehead atoms. The molecule has 5 heteroatoms. The largest absolute Gasteiger partial charge is 0.421 e. The third-order valence-electron chi connectivity index (χ3n) is 3.01. The van der Waals surface area contributed by atoms with Crippen LogP contribution in [0.1, 0.15) is 31.7 Å². The van der Waals surface area contributed by atoms with Crippen molar-refractivity contribution in [1.29, 1.82) is 0 Å². The van der Waals surface area contributed by atoms with E-state index in [1.165, 1.54) is 0 Å². The summed E-state index contributed by atoms with van der Waals surface area (Å²) in [5, 5.41) is 11.2. The molecule has 0 spiro atoms. The average molecular weight is 277 g/mol. The lowest BCUT2D eigenvalue weighted by Gasteiger charge is -2.05. The highest BCUT2D eigenvalue weighted by Gasteiger charge is 2.13. The number of aromatic nitrogens is 2. The van der Waals surface area contributed by atoms with Gasteiger partial charge in [-0.1, -0.05) is 26.0 Å². The van der Waals surface area contributed by atoms with E-state index in [0.717, 1.165) is 13.0 Å². The summed E-state index contributed by atoms with van der Waals surface area (Å²) in [6, 6.07) is 5.62. The summed E-state index contributed by atoms with van der Waals surface area (Å²) in [4.78, 5) is 0. The van der Waals surface area contributed by atoms with Crippen molar-refractivity contribution in [1.82, 2.24) is 15.5 Å². The molecule has 0 aliphatic rings. The lowest BCUT2D eigenvalue weighted by Crippen LogP contribution is -2.23. The van der Waals surface area contributed by atoms with Crippen LogP contribution in [0.25, 0.3) is 11.5 Å². The van der Waals surface area contributed by atoms with Gasteiger partial charge in [-0.15, -0.1) is 10.2 Å². The van der Waals surface area contributed by atoms with Gasteiger partial charge in [-0.2, -0.15) is 0 Å². The molecule has 2 aromatic rings. The first kappa shape index (κ1) is 14.7. The fraction of sp³-hybridized carbons (Fsp3) is 0.467. The van der Waals surface area contributed by atoms with Gasteiger partial charge in [0, 0.05) is 12.5 Å². The van der Waals surface area contributed by atoms with Crippen molar-refractivity contribution >= 4 is 0 Å². The van der Waals surface area contributed by atoms with Crippen molar-refractivity contribution in [3.63, 3.8) is 0 Å². The molecule has 0 aliphatic heterocycles. The molecule has 1 N–H and O–H groups in total. The first-order valence-electron chi connectivity index (χ1n) is 6.89. The summed E-state index contributed by atoms with van der Waals surface area (Å²) in [5.41, 5.74) is 0.937. The van der Waals surface area contributed by atoms with Crippen molar-refractivity contribution in [2.24, 2.45) is 0 Å². The fourth-order valence-electron chi connectivity index (χ4n) is 1.91. The number of benzene rings is 1. The third-order valence-corrected chi connectivity index (χ3v) is 3.01. The molecular formula is C15H20FN3O. The van der Waals surface area contributed by atoms with Crippen LogP contribution in [0.2, 0.25) is 0 Å². The first-order valence-corrected chi connectivity index (χ1v) is 6.89. The summed E-state index contributed by atoms with van der Waals surface area (Å²) in [6.07, 6.45) is 1.61. The molecule has 2 rings (SSSR count). The van der Waals surface area contributed by atoms with E-state index in [9.17, 15) is 4.39 Å². The van der Waals surface area contributed by atoms with Gasteiger partial charge < -0.3 is 9.73 Å². The molecule has 1 aromatic carbocycles. The lowest BCUT2D eigenvalue weighted by molar-refractivity contribution is 0.481. The van der Waals surface area contributed by atoms with E-state index in [1.807, 2.05) is 0 Å². The minimum atomic E-state index is -0.302. The van der Waals surface area contributed by atoms with Gasteiger partial charge >= 0.3 is 0 Å². The Hall–Kier alpha value is -1.75. The van der Waals surface area contributed by atoms with Gasteiger partial charge in [0.1, 0.15) is 5.82 Å². The van der Waals surface area contributed by atoms with Crippen molar-refractivity contribution in [3.8, 4) is 11.5 Å². The molecule has 0 saturated heterocycles. The van der Waals surface area contributed by atoms with Gasteiger partial charge in [-0.05, 0) is 31.5 Å². The summed E-state index contributed by atoms with van der Waals surface area (Å²) < 4.78 is 19.5. The van der Waals surface area contributed by atoms with Gasteiger partial charge in [0.2, 0.25) is 5.89 Å². The Morgan fingerprint density at radius 1 is 1.30 bits per heavy atom. The number of halogens is 1. The van der Waals surface area contributed by atoms with E-state index < -0.39 is 0 Å². The van der Waals surface area contributed by atoms with E-state index in [0.29, 0.717) is 29.5 Å². The number of hydrogen-bond acceptors (Lipinski definition) is 4. The molecule has 20 heavy (non-hydrogen) atoms. The second kappa shape index (κ2) is 6.61. The molecule has 1 aromatic heterocycles. The number of rotatable bonds is 6. The second-order valence-corrected chi connectivity index (χ2v) is 5.15. The van der Waals surface area contributed by atoms with Gasteiger partial charge in [-0.25, -0.2) is 4.39 Å². The van der Waals surface area contributed by atoms with Crippen LogP contribution >= 0.6 is 0 Å². The molecule has 0 fully saturated rings. The Kier molecular flexibility index (Phi) is 4.84. The smallest absolute Gasteiger partial charge is 0.250 e. The SMILES string of the molecule is Cc1cccc(-c2nnc(CCCNC(C)C)o2)c1F. The van der Waals surface area contributed by atoms with E-state index in [-0.39, 0.29) is 11.7 Å². The summed E-state index contributed by atoms with van der Waals surface area (Å²) >= 11 is 0. The number of aryl methyl sites for hydroxylation is 2. The van der Waals surface area contributed by atoms with Crippen molar-refractivity contribution < 1.29 is 8.81 Å². The monoisotopic (exact) mass is 277 g/mol. The van der Waals surface area contributed by atoms with E-state index in [4.69, 9.17) is 4.42 Å². The average Bonchev–Trinajstić information content (AvgIpc) is 2.86. The van der Waals surface area contributed by atoms with Crippen LogP contribution in [-0.2, 0) is 6.42 Å². The van der Waals surface area contributed by atoms with Gasteiger partial charge in [0.15, 0.2) is 0 Å². The summed E-state index contributed by atoms with van der Waals surface area (Å²) in [5.74, 6) is 0.494. The Morgan fingerprint density at radius 2 is 2.10 bits per heavy atom. The Morgan fingerprint density at radius 3 is 2.85 bits per heavy atom. The normalized spacial score (nSPS) is 11.2. The highest BCUT2D eigenvalue weighted by atomic mass is 19.1. The first-order chi connectivity index (χ1) is 9.58. The minimum absolute atomic E-state index is 0.248. The maximum atomic E-state index is 14.0. The molecule has 0 atom stereocenters. The van der Waals surface area contributed by atoms with Crippen LogP contribution in [0.4, 0.5) is 4.39 Å². The van der Waals surface area contributed by atoms with Crippen LogP contribution in [0.3, 0.4) is 0 Å². The predicted octanol–water partition coefficient (Wildman–Crippen LogP) is 3.11. The molecule has 0 aliphatic carbocycles. The fourth-order valence-corrected chi connectivity index (χ4v) is 1.91. The molecular weight excluding hydrogens is 257 g/mol. The van der Waals surface area contributed by atoms with Gasteiger partial charge in [0.25, 0.3) is 5.89 Å². The van der Waals surface area contributed by atoms with Gasteiger partial charge in [0.05, 0.1) is 5.56 Å². The third kappa shape index (κ3) is 3.63. The summed E-state index contributed by atoms with van der Waals surface area (Å²) in [7, 11) is 0. The molecule has 108 valence electrons. The quantitative estimate of drug-likeness (QED) is 0.824. The topological polar surface area (TPSA) is 51.0 Å². The zero-order chi connectivity index (χ0) is 14.5. The van der Waals surface area contributed by atoms with E-state index >= 15 is 0 Å². The molecule has 4 nitrogen and oxygen atoms in total. The maximum absolute atomic E-state index is 14.0. The van der Waals surface area contributed by atoms with E-state index in [2.05, 4.69) is 29.4 Å². The second-order valence-electron chi connectivity index (χ2n) is 5.15. The van der Waals surface area contributed by atoms with Crippen LogP contribution in [0.5, 0.6) is 0 Å². The number of hydrogen-bond donors (Lipinski definition) is 1. The molecule has 0 radical (unpaired) electrons. The summed E-state index contributed by atoms with van der Waals surface area (Å²) in [6.45, 7) is 6.82. The Labute approximate surface area is 118 Å². The highest BCUT2D eigenvalue weighted by Crippen LogP contribution is 2.23. The van der Waals surface area contributed by atoms with Crippen molar-refractivity contribution in [2.45, 2.75) is 39.7 Å². The Balaban J connectivity index is 2.00. The van der Waals surface area contributed by atoms with E-state index in [1.54, 1.807) is 25.1 Å². The van der Waals surface area contributed by atoms with Gasteiger partial charge in [-0.3, -0.25) is 0 Å². The predicted molar refractivity (Wildman–Crippen MR) is 75.9 cm³/mol. The molecule has 1 heterocycles. The highest BCUT2D eigenvalue weighted by molar-refractivity contribution is 5.55. The number of nitrogens with one attached hydrogen (secondary N) is 1. The zero-order valence-corrected chi connectivity index (χ0v) is 12.1. The van der Waals surface area contributed by atoms with Crippen LogP contribution in [-0.4, -0.2) is 22.8 Å². The number of nitrogens with zero attached hydrogens (tertiary/aromatic N) is 2. The lowest BCUT2D eigenvalue weighted by atomic mass is 10.1. The molecule has 0 saturated carbocycles. The van der Waals surface area contributed by atoms with Crippen molar-refractivity contribution in [3.05, 3.63) is 35.5 Å². The van der Waals surface area contributed by atoms with Crippen LogP contribution < -0.4 is 5.32 Å². The maximum Gasteiger partial charge on any atom is 0.250 e. The zero-order valence-electron chi connectivity index (χ0n) is 12.1. The molecule has 0 unspecified atom stereocenters. The Bertz CT molecular complexity index is 566. The minimum Gasteiger partial charge on any atom is -0.421 e. The van der Waals surface area contributed by atoms with Crippen molar-refractivity contribution in [2.75, 3.05) is 6.54 Å². The van der Waals surface area contributed by atoms with Crippen LogP contribution in [0, 0.1) is 12.7 Å². The van der Waals surface area contributed by atoms with Crippen LogP contribution in [0.15, 0.2) is 22.6 Å². The standard InChI is InChI=1S/C15H20FN3O/c1-10(2)17-9-5-8-13-18-19-15(20-13)12-7-4-6-11(3)14(12)16/h4,6-7,10,17H,5,8-9H2,1-3H3.